The number of anilines is 1. The van der Waals surface area contributed by atoms with Gasteiger partial charge in [0, 0.05) is 42.9 Å². The third-order valence-corrected chi connectivity index (χ3v) is 6.07. The van der Waals surface area contributed by atoms with E-state index in [2.05, 4.69) is 5.32 Å². The molecule has 0 atom stereocenters. The van der Waals surface area contributed by atoms with E-state index in [4.69, 9.17) is 5.73 Å². The summed E-state index contributed by atoms with van der Waals surface area (Å²) in [6.07, 6.45) is -0.0996. The van der Waals surface area contributed by atoms with E-state index in [9.17, 15) is 28.1 Å². The van der Waals surface area contributed by atoms with Crippen LogP contribution >= 0.6 is 0 Å². The highest BCUT2D eigenvalue weighted by atomic mass is 32.2. The van der Waals surface area contributed by atoms with E-state index in [0.29, 0.717) is 11.3 Å². The van der Waals surface area contributed by atoms with Gasteiger partial charge in [-0.3, -0.25) is 19.7 Å². The maximum Gasteiger partial charge on any atom is 0.269 e. The average Bonchev–Trinajstić information content (AvgIpc) is 2.68. The topological polar surface area (TPSA) is 153 Å². The number of nitrogens with one attached hydrogen (secondary N) is 1. The lowest BCUT2D eigenvalue weighted by atomic mass is 10.2. The number of carbonyl (C=O) groups is 2. The second kappa shape index (κ2) is 9.26. The Morgan fingerprint density at radius 2 is 1.69 bits per heavy atom. The first-order valence-corrected chi connectivity index (χ1v) is 10.0. The Bertz CT molecular complexity index is 1000. The van der Waals surface area contributed by atoms with Gasteiger partial charge >= 0.3 is 0 Å². The van der Waals surface area contributed by atoms with Crippen LogP contribution in [0.4, 0.5) is 11.4 Å². The molecule has 0 radical (unpaired) electrons. The number of amides is 2. The molecule has 2 rings (SSSR count). The Kier molecular flexibility index (Phi) is 7.02. The van der Waals surface area contributed by atoms with Crippen molar-refractivity contribution in [3.05, 3.63) is 64.2 Å². The zero-order valence-electron chi connectivity index (χ0n) is 15.6. The van der Waals surface area contributed by atoms with Crippen molar-refractivity contribution in [3.63, 3.8) is 0 Å². The van der Waals surface area contributed by atoms with E-state index in [1.54, 1.807) is 6.92 Å². The number of nitro groups is 1. The molecule has 2 amide bonds. The number of sulfonamides is 1. The fraction of sp³-hybridized carbons (Fsp3) is 0.222. The van der Waals surface area contributed by atoms with Gasteiger partial charge in [-0.1, -0.05) is 6.92 Å². The lowest BCUT2D eigenvalue weighted by molar-refractivity contribution is -0.384. The number of hydrogen-bond donors (Lipinski definition) is 2. The van der Waals surface area contributed by atoms with Gasteiger partial charge in [0.1, 0.15) is 0 Å². The molecule has 2 aromatic carbocycles. The van der Waals surface area contributed by atoms with Crippen molar-refractivity contribution in [1.29, 1.82) is 0 Å². The third-order valence-electron chi connectivity index (χ3n) is 4.08. The summed E-state index contributed by atoms with van der Waals surface area (Å²) in [4.78, 5) is 33.2. The molecule has 0 aliphatic rings. The fourth-order valence-electron chi connectivity index (χ4n) is 2.50. The van der Waals surface area contributed by atoms with Crippen LogP contribution < -0.4 is 11.1 Å². The smallest absolute Gasteiger partial charge is 0.269 e. The molecule has 0 aromatic heterocycles. The fourth-order valence-corrected chi connectivity index (χ4v) is 3.95. The molecule has 11 heteroatoms. The summed E-state index contributed by atoms with van der Waals surface area (Å²) in [6, 6.07) is 10.5. The average molecular weight is 420 g/mol. The van der Waals surface area contributed by atoms with Gasteiger partial charge in [0.25, 0.3) is 5.69 Å². The highest BCUT2D eigenvalue weighted by Crippen LogP contribution is 2.20. The number of benzene rings is 2. The summed E-state index contributed by atoms with van der Waals surface area (Å²) in [6.45, 7) is 1.68. The van der Waals surface area contributed by atoms with Crippen LogP contribution in [0.15, 0.2) is 53.4 Å². The predicted octanol–water partition coefficient (Wildman–Crippen LogP) is 1.73. The molecule has 0 bridgehead atoms. The van der Waals surface area contributed by atoms with Crippen LogP contribution in [0.25, 0.3) is 0 Å². The Balaban J connectivity index is 2.01. The zero-order valence-corrected chi connectivity index (χ0v) is 16.4. The Morgan fingerprint density at radius 1 is 1.10 bits per heavy atom. The maximum absolute atomic E-state index is 12.7. The van der Waals surface area contributed by atoms with Crippen LogP contribution in [-0.2, 0) is 14.8 Å². The standard InChI is InChI=1S/C18H20N4O6S/c1-2-21(29(27,28)16-9-7-15(8-10-16)22(25)26)12-11-17(23)20-14-5-3-13(4-6-14)18(19)24/h3-10H,2,11-12H2,1H3,(H2,19,24)(H,20,23). The highest BCUT2D eigenvalue weighted by molar-refractivity contribution is 7.89. The Morgan fingerprint density at radius 3 is 2.17 bits per heavy atom. The minimum Gasteiger partial charge on any atom is -0.366 e. The number of nitro benzene ring substituents is 1. The molecule has 154 valence electrons. The van der Waals surface area contributed by atoms with Gasteiger partial charge in [-0.15, -0.1) is 0 Å². The van der Waals surface area contributed by atoms with Gasteiger partial charge in [0.2, 0.25) is 21.8 Å². The van der Waals surface area contributed by atoms with Gasteiger partial charge in [-0.05, 0) is 36.4 Å². The Hall–Kier alpha value is -3.31. The number of primary amides is 1. The van der Waals surface area contributed by atoms with Crippen molar-refractivity contribution in [2.24, 2.45) is 5.73 Å². The van der Waals surface area contributed by atoms with E-state index >= 15 is 0 Å². The minimum absolute atomic E-state index is 0.0684. The van der Waals surface area contributed by atoms with Crippen LogP contribution in [-0.4, -0.2) is 42.6 Å². The second-order valence-corrected chi connectivity index (χ2v) is 7.93. The quantitative estimate of drug-likeness (QED) is 0.465. The van der Waals surface area contributed by atoms with E-state index in [0.717, 1.165) is 28.6 Å². The molecule has 0 saturated heterocycles. The van der Waals surface area contributed by atoms with Crippen molar-refractivity contribution < 1.29 is 22.9 Å². The summed E-state index contributed by atoms with van der Waals surface area (Å²) >= 11 is 0. The lowest BCUT2D eigenvalue weighted by Gasteiger charge is -2.20. The molecule has 0 heterocycles. The molecule has 0 spiro atoms. The van der Waals surface area contributed by atoms with Gasteiger partial charge in [-0.2, -0.15) is 4.31 Å². The number of carbonyl (C=O) groups excluding carboxylic acids is 2. The number of hydrogen-bond acceptors (Lipinski definition) is 6. The monoisotopic (exact) mass is 420 g/mol. The first kappa shape index (κ1) is 22.0. The Labute approximate surface area is 167 Å². The molecule has 0 saturated carbocycles. The number of nitrogens with zero attached hydrogens (tertiary/aromatic N) is 2. The molecule has 3 N–H and O–H groups in total. The highest BCUT2D eigenvalue weighted by Gasteiger charge is 2.24. The molecule has 2 aromatic rings. The SMILES string of the molecule is CCN(CCC(=O)Nc1ccc(C(N)=O)cc1)S(=O)(=O)c1ccc([N+](=O)[O-])cc1. The van der Waals surface area contributed by atoms with Gasteiger partial charge in [0.05, 0.1) is 9.82 Å². The van der Waals surface area contributed by atoms with E-state index in [-0.39, 0.29) is 30.1 Å². The normalized spacial score (nSPS) is 11.2. The van der Waals surface area contributed by atoms with Gasteiger partial charge in [-0.25, -0.2) is 8.42 Å². The minimum atomic E-state index is -3.90. The summed E-state index contributed by atoms with van der Waals surface area (Å²) in [7, 11) is -3.90. The van der Waals surface area contributed by atoms with Crippen LogP contribution in [0.5, 0.6) is 0 Å². The largest absolute Gasteiger partial charge is 0.366 e. The first-order valence-electron chi connectivity index (χ1n) is 8.59. The van der Waals surface area contributed by atoms with Crippen molar-refractivity contribution in [2.75, 3.05) is 18.4 Å². The van der Waals surface area contributed by atoms with E-state index in [1.165, 1.54) is 24.3 Å². The summed E-state index contributed by atoms with van der Waals surface area (Å²) in [5.74, 6) is -0.993. The van der Waals surface area contributed by atoms with E-state index in [1.807, 2.05) is 0 Å². The summed E-state index contributed by atoms with van der Waals surface area (Å²) < 4.78 is 26.5. The number of rotatable bonds is 9. The van der Waals surface area contributed by atoms with Gasteiger partial charge < -0.3 is 11.1 Å². The van der Waals surface area contributed by atoms with Crippen LogP contribution in [0.2, 0.25) is 0 Å². The molecule has 0 fully saturated rings. The number of non-ortho nitro benzene ring substituents is 1. The van der Waals surface area contributed by atoms with Gasteiger partial charge in [0.15, 0.2) is 0 Å². The van der Waals surface area contributed by atoms with Crippen molar-refractivity contribution >= 4 is 33.2 Å². The zero-order chi connectivity index (χ0) is 21.6. The lowest BCUT2D eigenvalue weighted by Crippen LogP contribution is -2.33. The molecule has 0 unspecified atom stereocenters. The summed E-state index contributed by atoms with van der Waals surface area (Å²) in [5, 5.41) is 13.3. The molecule has 29 heavy (non-hydrogen) atoms. The maximum atomic E-state index is 12.7. The van der Waals surface area contributed by atoms with Crippen LogP contribution in [0.1, 0.15) is 23.7 Å². The number of nitrogens with two attached hydrogens (primary N) is 1. The molecular weight excluding hydrogens is 400 g/mol. The predicted molar refractivity (Wildman–Crippen MR) is 106 cm³/mol. The second-order valence-electron chi connectivity index (χ2n) is 5.99. The summed E-state index contributed by atoms with van der Waals surface area (Å²) in [5.41, 5.74) is 5.68. The van der Waals surface area contributed by atoms with Crippen LogP contribution in [0, 0.1) is 10.1 Å². The molecule has 0 aliphatic heterocycles. The van der Waals surface area contributed by atoms with Crippen LogP contribution in [0.3, 0.4) is 0 Å². The van der Waals surface area contributed by atoms with Crippen molar-refractivity contribution in [3.8, 4) is 0 Å². The molecule has 0 aliphatic carbocycles. The first-order chi connectivity index (χ1) is 13.6. The third kappa shape index (κ3) is 5.59. The van der Waals surface area contributed by atoms with Crippen molar-refractivity contribution in [2.45, 2.75) is 18.2 Å². The van der Waals surface area contributed by atoms with Crippen molar-refractivity contribution in [1.82, 2.24) is 4.31 Å². The molecular formula is C18H20N4O6S. The van der Waals surface area contributed by atoms with E-state index < -0.39 is 26.8 Å². The molecule has 10 nitrogen and oxygen atoms in total.